The van der Waals surface area contributed by atoms with E-state index in [1.165, 1.54) is 0 Å². The first-order valence-electron chi connectivity index (χ1n) is 8.07. The summed E-state index contributed by atoms with van der Waals surface area (Å²) in [5.41, 5.74) is -0.486. The number of sulfonamides is 1. The van der Waals surface area contributed by atoms with Gasteiger partial charge < -0.3 is 9.47 Å². The van der Waals surface area contributed by atoms with Crippen LogP contribution in [-0.2, 0) is 15.6 Å². The van der Waals surface area contributed by atoms with Gasteiger partial charge in [-0.15, -0.1) is 11.3 Å². The van der Waals surface area contributed by atoms with Crippen molar-refractivity contribution >= 4 is 21.4 Å². The van der Waals surface area contributed by atoms with Crippen LogP contribution in [0.2, 0.25) is 0 Å². The zero-order valence-electron chi connectivity index (χ0n) is 13.2. The lowest BCUT2D eigenvalue weighted by molar-refractivity contribution is 0.171. The molecule has 1 aromatic heterocycles. The highest BCUT2D eigenvalue weighted by Crippen LogP contribution is 2.42. The van der Waals surface area contributed by atoms with E-state index in [-0.39, 0.29) is 4.90 Å². The number of hydrogen-bond acceptors (Lipinski definition) is 5. The Morgan fingerprint density at radius 1 is 1.04 bits per heavy atom. The van der Waals surface area contributed by atoms with Gasteiger partial charge in [0.05, 0.1) is 10.4 Å². The lowest BCUT2D eigenvalue weighted by Gasteiger charge is -2.29. The minimum atomic E-state index is -3.64. The zero-order chi connectivity index (χ0) is 16.6. The lowest BCUT2D eigenvalue weighted by Crippen LogP contribution is -2.43. The molecule has 1 aliphatic heterocycles. The quantitative estimate of drug-likeness (QED) is 0.903. The summed E-state index contributed by atoms with van der Waals surface area (Å²) in [5, 5.41) is 1.99. The molecule has 24 heavy (non-hydrogen) atoms. The lowest BCUT2D eigenvalue weighted by atomic mass is 9.97. The van der Waals surface area contributed by atoms with E-state index in [1.54, 1.807) is 29.5 Å². The molecular formula is C17H19NO4S2. The average molecular weight is 365 g/mol. The molecule has 0 radical (unpaired) electrons. The van der Waals surface area contributed by atoms with Gasteiger partial charge in [-0.1, -0.05) is 18.9 Å². The number of fused-ring (bicyclic) bond motifs is 1. The van der Waals surface area contributed by atoms with Crippen LogP contribution in [0, 0.1) is 0 Å². The van der Waals surface area contributed by atoms with Crippen LogP contribution in [0.25, 0.3) is 0 Å². The Bertz CT molecular complexity index is 824. The Labute approximate surface area is 145 Å². The smallest absolute Gasteiger partial charge is 0.241 e. The second-order valence-corrected chi connectivity index (χ2v) is 8.81. The number of benzene rings is 1. The Morgan fingerprint density at radius 3 is 2.50 bits per heavy atom. The van der Waals surface area contributed by atoms with Crippen LogP contribution in [0.1, 0.15) is 30.6 Å². The van der Waals surface area contributed by atoms with E-state index >= 15 is 0 Å². The minimum absolute atomic E-state index is 0.217. The van der Waals surface area contributed by atoms with Crippen molar-refractivity contribution < 1.29 is 17.9 Å². The highest BCUT2D eigenvalue weighted by atomic mass is 32.2. The van der Waals surface area contributed by atoms with E-state index in [9.17, 15) is 8.42 Å². The van der Waals surface area contributed by atoms with Crippen LogP contribution in [0.4, 0.5) is 0 Å². The third-order valence-electron chi connectivity index (χ3n) is 4.60. The Hall–Kier alpha value is -1.57. The van der Waals surface area contributed by atoms with E-state index in [0.717, 1.165) is 30.6 Å². The van der Waals surface area contributed by atoms with Crippen molar-refractivity contribution in [2.45, 2.75) is 36.1 Å². The topological polar surface area (TPSA) is 64.6 Å². The van der Waals surface area contributed by atoms with Crippen molar-refractivity contribution in [2.24, 2.45) is 0 Å². The van der Waals surface area contributed by atoms with Crippen molar-refractivity contribution in [3.05, 3.63) is 40.6 Å². The van der Waals surface area contributed by atoms with Gasteiger partial charge in [-0.2, -0.15) is 4.72 Å². The molecule has 0 unspecified atom stereocenters. The summed E-state index contributed by atoms with van der Waals surface area (Å²) >= 11 is 1.61. The normalized spacial score (nSPS) is 19.3. The van der Waals surface area contributed by atoms with Crippen LogP contribution in [0.15, 0.2) is 40.6 Å². The molecule has 7 heteroatoms. The first-order chi connectivity index (χ1) is 11.6. The van der Waals surface area contributed by atoms with E-state index in [4.69, 9.17) is 9.47 Å². The zero-order valence-corrected chi connectivity index (χ0v) is 14.8. The average Bonchev–Trinajstić information content (AvgIpc) is 3.26. The highest BCUT2D eigenvalue weighted by Gasteiger charge is 2.40. The summed E-state index contributed by atoms with van der Waals surface area (Å²) in [6.45, 7) is 0.919. The SMILES string of the molecule is O=S(=O)(NC1(c2cccs2)CCCC1)c1ccc2c(c1)OCCO2. The predicted octanol–water partition coefficient (Wildman–Crippen LogP) is 3.27. The molecular weight excluding hydrogens is 346 g/mol. The van der Waals surface area contributed by atoms with Gasteiger partial charge in [-0.25, -0.2) is 8.42 Å². The monoisotopic (exact) mass is 365 g/mol. The summed E-state index contributed by atoms with van der Waals surface area (Å²) in [4.78, 5) is 1.30. The third-order valence-corrected chi connectivity index (χ3v) is 7.21. The Balaban J connectivity index is 1.67. The molecule has 0 spiro atoms. The van der Waals surface area contributed by atoms with Crippen molar-refractivity contribution in [2.75, 3.05) is 13.2 Å². The molecule has 128 valence electrons. The standard InChI is InChI=1S/C17H19NO4S2/c19-24(20,13-5-6-14-15(12-13)22-10-9-21-14)18-17(7-1-2-8-17)16-4-3-11-23-16/h3-6,11-12,18H,1-2,7-10H2. The molecule has 4 rings (SSSR count). The second kappa shape index (κ2) is 6.06. The fourth-order valence-corrected chi connectivity index (χ4v) is 5.90. The second-order valence-electron chi connectivity index (χ2n) is 6.18. The molecule has 0 atom stereocenters. The summed E-state index contributed by atoms with van der Waals surface area (Å²) in [7, 11) is -3.64. The van der Waals surface area contributed by atoms with Gasteiger partial charge in [0.2, 0.25) is 10.0 Å². The largest absolute Gasteiger partial charge is 0.486 e. The van der Waals surface area contributed by atoms with Gasteiger partial charge >= 0.3 is 0 Å². The molecule has 1 N–H and O–H groups in total. The summed E-state index contributed by atoms with van der Waals surface area (Å²) < 4.78 is 39.9. The first-order valence-corrected chi connectivity index (χ1v) is 10.4. The maximum Gasteiger partial charge on any atom is 0.241 e. The molecule has 1 aromatic carbocycles. The van der Waals surface area contributed by atoms with Crippen LogP contribution in [0.5, 0.6) is 11.5 Å². The van der Waals surface area contributed by atoms with Crippen molar-refractivity contribution in [3.8, 4) is 11.5 Å². The number of thiophene rings is 1. The number of nitrogens with one attached hydrogen (secondary N) is 1. The van der Waals surface area contributed by atoms with Gasteiger partial charge in [-0.3, -0.25) is 0 Å². The van der Waals surface area contributed by atoms with Gasteiger partial charge in [0.1, 0.15) is 13.2 Å². The van der Waals surface area contributed by atoms with Gasteiger partial charge in [0.15, 0.2) is 11.5 Å². The van der Waals surface area contributed by atoms with Gasteiger partial charge in [0, 0.05) is 10.9 Å². The van der Waals surface area contributed by atoms with Crippen LogP contribution in [-0.4, -0.2) is 21.6 Å². The fourth-order valence-electron chi connectivity index (χ4n) is 3.44. The third kappa shape index (κ3) is 2.81. The van der Waals surface area contributed by atoms with Crippen LogP contribution < -0.4 is 14.2 Å². The maximum absolute atomic E-state index is 13.0. The molecule has 0 amide bonds. The van der Waals surface area contributed by atoms with Crippen molar-refractivity contribution in [3.63, 3.8) is 0 Å². The number of hydrogen-bond donors (Lipinski definition) is 1. The van der Waals surface area contributed by atoms with E-state index in [0.29, 0.717) is 24.7 Å². The predicted molar refractivity (Wildman–Crippen MR) is 92.2 cm³/mol. The Kier molecular flexibility index (Phi) is 4.02. The van der Waals surface area contributed by atoms with Gasteiger partial charge in [-0.05, 0) is 36.4 Å². The van der Waals surface area contributed by atoms with Crippen LogP contribution in [0.3, 0.4) is 0 Å². The molecule has 2 aromatic rings. The summed E-state index contributed by atoms with van der Waals surface area (Å²) in [5.74, 6) is 1.08. The number of rotatable bonds is 4. The molecule has 2 heterocycles. The number of ether oxygens (including phenoxy) is 2. The molecule has 1 fully saturated rings. The summed E-state index contributed by atoms with van der Waals surface area (Å²) in [6, 6.07) is 8.77. The van der Waals surface area contributed by atoms with E-state index < -0.39 is 15.6 Å². The molecule has 5 nitrogen and oxygen atoms in total. The van der Waals surface area contributed by atoms with Crippen molar-refractivity contribution in [1.82, 2.24) is 4.72 Å². The van der Waals surface area contributed by atoms with Crippen LogP contribution >= 0.6 is 11.3 Å². The molecule has 0 saturated heterocycles. The molecule has 2 aliphatic rings. The minimum Gasteiger partial charge on any atom is -0.486 e. The first kappa shape index (κ1) is 15.9. The molecule has 1 saturated carbocycles. The van der Waals surface area contributed by atoms with Crippen molar-refractivity contribution in [1.29, 1.82) is 0 Å². The van der Waals surface area contributed by atoms with Gasteiger partial charge in [0.25, 0.3) is 0 Å². The fraction of sp³-hybridized carbons (Fsp3) is 0.412. The highest BCUT2D eigenvalue weighted by molar-refractivity contribution is 7.89. The molecule has 0 bridgehead atoms. The summed E-state index contributed by atoms with van der Waals surface area (Å²) in [6.07, 6.45) is 3.72. The van der Waals surface area contributed by atoms with E-state index in [2.05, 4.69) is 4.72 Å². The Morgan fingerprint density at radius 2 is 1.79 bits per heavy atom. The molecule has 1 aliphatic carbocycles. The van der Waals surface area contributed by atoms with E-state index in [1.807, 2.05) is 17.5 Å². The maximum atomic E-state index is 13.0.